The molecule has 0 N–H and O–H groups in total. The molecule has 0 aliphatic carbocycles. The van der Waals surface area contributed by atoms with Crippen LogP contribution >= 0.6 is 0 Å². The van der Waals surface area contributed by atoms with Crippen molar-refractivity contribution in [2.24, 2.45) is 0 Å². The van der Waals surface area contributed by atoms with E-state index < -0.39 is 0 Å². The predicted molar refractivity (Wildman–Crippen MR) is 104 cm³/mol. The highest BCUT2D eigenvalue weighted by molar-refractivity contribution is 5.94. The van der Waals surface area contributed by atoms with E-state index in [9.17, 15) is 0 Å². The van der Waals surface area contributed by atoms with E-state index in [-0.39, 0.29) is 0 Å². The van der Waals surface area contributed by atoms with Crippen molar-refractivity contribution in [2.45, 2.75) is 0 Å². The van der Waals surface area contributed by atoms with Gasteiger partial charge in [-0.15, -0.1) is 0 Å². The number of pyridine rings is 2. The zero-order chi connectivity index (χ0) is 18.1. The summed E-state index contributed by atoms with van der Waals surface area (Å²) in [5.41, 5.74) is 4.53. The van der Waals surface area contributed by atoms with Crippen LogP contribution < -0.4 is 0 Å². The normalized spacial score (nSPS) is 11.0. The first-order chi connectivity index (χ1) is 13.4. The first kappa shape index (κ1) is 15.4. The van der Waals surface area contributed by atoms with E-state index >= 15 is 0 Å². The Morgan fingerprint density at radius 3 is 2.33 bits per heavy atom. The summed E-state index contributed by atoms with van der Waals surface area (Å²) in [6.45, 7) is 0. The number of para-hydroxylation sites is 1. The maximum atomic E-state index is 5.59. The molecule has 128 valence electrons. The van der Waals surface area contributed by atoms with Crippen molar-refractivity contribution in [3.63, 3.8) is 0 Å². The Morgan fingerprint density at radius 2 is 1.48 bits per heavy atom. The lowest BCUT2D eigenvalue weighted by molar-refractivity contribution is 0.432. The second kappa shape index (κ2) is 6.46. The third-order valence-corrected chi connectivity index (χ3v) is 4.38. The van der Waals surface area contributed by atoms with Crippen molar-refractivity contribution in [2.75, 3.05) is 0 Å². The number of aromatic nitrogens is 4. The maximum Gasteiger partial charge on any atom is 0.259 e. The number of benzene rings is 2. The summed E-state index contributed by atoms with van der Waals surface area (Å²) in [4.78, 5) is 13.4. The number of hydrogen-bond donors (Lipinski definition) is 0. The van der Waals surface area contributed by atoms with Gasteiger partial charge in [0.05, 0.1) is 16.8 Å². The van der Waals surface area contributed by atoms with Gasteiger partial charge in [-0.3, -0.25) is 4.98 Å². The molecule has 27 heavy (non-hydrogen) atoms. The molecule has 0 aliphatic rings. The molecule has 0 saturated heterocycles. The average Bonchev–Trinajstić information content (AvgIpc) is 3.24. The van der Waals surface area contributed by atoms with Crippen LogP contribution in [0.3, 0.4) is 0 Å². The van der Waals surface area contributed by atoms with Crippen LogP contribution in [0.5, 0.6) is 0 Å². The summed E-state index contributed by atoms with van der Waals surface area (Å²) in [6, 6.07) is 23.7. The van der Waals surface area contributed by atoms with Gasteiger partial charge in [-0.2, -0.15) is 4.98 Å². The van der Waals surface area contributed by atoms with Gasteiger partial charge in [-0.05, 0) is 24.3 Å². The van der Waals surface area contributed by atoms with E-state index in [0.29, 0.717) is 11.7 Å². The van der Waals surface area contributed by atoms with Crippen molar-refractivity contribution in [3.8, 4) is 34.1 Å². The van der Waals surface area contributed by atoms with E-state index in [1.807, 2.05) is 72.8 Å². The topological polar surface area (TPSA) is 64.7 Å². The fourth-order valence-corrected chi connectivity index (χ4v) is 3.06. The summed E-state index contributed by atoms with van der Waals surface area (Å²) in [5.74, 6) is 1.01. The fourth-order valence-electron chi connectivity index (χ4n) is 3.06. The first-order valence-electron chi connectivity index (χ1n) is 8.58. The highest BCUT2D eigenvalue weighted by Gasteiger charge is 2.15. The van der Waals surface area contributed by atoms with Crippen LogP contribution in [0.2, 0.25) is 0 Å². The van der Waals surface area contributed by atoms with Gasteiger partial charge in [-0.1, -0.05) is 53.7 Å². The monoisotopic (exact) mass is 350 g/mol. The quantitative estimate of drug-likeness (QED) is 0.457. The average molecular weight is 350 g/mol. The third kappa shape index (κ3) is 2.85. The number of nitrogens with zero attached hydrogens (tertiary/aromatic N) is 4. The van der Waals surface area contributed by atoms with Crippen LogP contribution in [0.25, 0.3) is 45.0 Å². The molecule has 3 aromatic heterocycles. The number of fused-ring (bicyclic) bond motifs is 1. The predicted octanol–water partition coefficient (Wildman–Crippen LogP) is 5.01. The molecule has 0 bridgehead atoms. The van der Waals surface area contributed by atoms with Gasteiger partial charge < -0.3 is 4.52 Å². The van der Waals surface area contributed by atoms with E-state index in [1.54, 1.807) is 12.4 Å². The SMILES string of the molecule is c1ccc(-c2cc(-c3nc(-c4ccncc4)no3)c3ccccc3n2)cc1. The molecule has 0 saturated carbocycles. The van der Waals surface area contributed by atoms with Crippen molar-refractivity contribution in [3.05, 3.63) is 85.2 Å². The van der Waals surface area contributed by atoms with Crippen molar-refractivity contribution < 1.29 is 4.52 Å². The largest absolute Gasteiger partial charge is 0.334 e. The smallest absolute Gasteiger partial charge is 0.259 e. The lowest BCUT2D eigenvalue weighted by Gasteiger charge is -2.07. The van der Waals surface area contributed by atoms with Gasteiger partial charge in [0, 0.05) is 28.9 Å². The number of rotatable bonds is 3. The summed E-state index contributed by atoms with van der Waals surface area (Å²) >= 11 is 0. The summed E-state index contributed by atoms with van der Waals surface area (Å²) in [5, 5.41) is 5.11. The van der Waals surface area contributed by atoms with Gasteiger partial charge in [0.2, 0.25) is 5.82 Å². The molecule has 0 amide bonds. The molecule has 0 unspecified atom stereocenters. The lowest BCUT2D eigenvalue weighted by Crippen LogP contribution is -1.90. The van der Waals surface area contributed by atoms with E-state index in [2.05, 4.69) is 15.1 Å². The molecule has 3 heterocycles. The third-order valence-electron chi connectivity index (χ3n) is 4.38. The van der Waals surface area contributed by atoms with Crippen LogP contribution in [0.15, 0.2) is 89.7 Å². The highest BCUT2D eigenvalue weighted by atomic mass is 16.5. The highest BCUT2D eigenvalue weighted by Crippen LogP contribution is 2.32. The van der Waals surface area contributed by atoms with Crippen LogP contribution in [-0.2, 0) is 0 Å². The minimum atomic E-state index is 0.470. The van der Waals surface area contributed by atoms with Crippen molar-refractivity contribution in [1.29, 1.82) is 0 Å². The summed E-state index contributed by atoms with van der Waals surface area (Å²) in [6.07, 6.45) is 3.42. The zero-order valence-corrected chi connectivity index (χ0v) is 14.3. The fraction of sp³-hybridized carbons (Fsp3) is 0. The molecule has 2 aromatic carbocycles. The van der Waals surface area contributed by atoms with Crippen LogP contribution in [0, 0.1) is 0 Å². The Kier molecular flexibility index (Phi) is 3.68. The van der Waals surface area contributed by atoms with Gasteiger partial charge in [-0.25, -0.2) is 4.98 Å². The van der Waals surface area contributed by atoms with Gasteiger partial charge >= 0.3 is 0 Å². The maximum absolute atomic E-state index is 5.59. The van der Waals surface area contributed by atoms with Crippen LogP contribution in [0.4, 0.5) is 0 Å². The van der Waals surface area contributed by atoms with Gasteiger partial charge in [0.25, 0.3) is 5.89 Å². The van der Waals surface area contributed by atoms with Crippen LogP contribution in [0.1, 0.15) is 0 Å². The standard InChI is InChI=1S/C22H14N4O/c1-2-6-15(7-3-1)20-14-18(17-8-4-5-9-19(17)24-20)22-25-21(26-27-22)16-10-12-23-13-11-16/h1-14H. The molecule has 5 aromatic rings. The van der Waals surface area contributed by atoms with Crippen LogP contribution in [-0.4, -0.2) is 20.1 Å². The minimum Gasteiger partial charge on any atom is -0.334 e. The summed E-state index contributed by atoms with van der Waals surface area (Å²) in [7, 11) is 0. The Hall–Kier alpha value is -3.86. The Morgan fingerprint density at radius 1 is 0.704 bits per heavy atom. The molecule has 0 spiro atoms. The van der Waals surface area contributed by atoms with Crippen molar-refractivity contribution >= 4 is 10.9 Å². The molecule has 5 nitrogen and oxygen atoms in total. The zero-order valence-electron chi connectivity index (χ0n) is 14.3. The van der Waals surface area contributed by atoms with E-state index in [0.717, 1.165) is 33.3 Å². The lowest BCUT2D eigenvalue weighted by atomic mass is 10.0. The molecule has 0 aliphatic heterocycles. The Bertz CT molecular complexity index is 1220. The molecular weight excluding hydrogens is 336 g/mol. The molecule has 5 rings (SSSR count). The van der Waals surface area contributed by atoms with Crippen molar-refractivity contribution in [1.82, 2.24) is 20.1 Å². The summed E-state index contributed by atoms with van der Waals surface area (Å²) < 4.78 is 5.59. The molecule has 5 heteroatoms. The Balaban J connectivity index is 1.70. The molecule has 0 radical (unpaired) electrons. The molecular formula is C22H14N4O. The number of hydrogen-bond acceptors (Lipinski definition) is 5. The molecule has 0 fully saturated rings. The minimum absolute atomic E-state index is 0.470. The second-order valence-electron chi connectivity index (χ2n) is 6.10. The molecule has 0 atom stereocenters. The first-order valence-corrected chi connectivity index (χ1v) is 8.58. The van der Waals surface area contributed by atoms with Gasteiger partial charge in [0.15, 0.2) is 0 Å². The second-order valence-corrected chi connectivity index (χ2v) is 6.10. The van der Waals surface area contributed by atoms with Gasteiger partial charge in [0.1, 0.15) is 0 Å². The van der Waals surface area contributed by atoms with E-state index in [1.165, 1.54) is 0 Å². The Labute approximate surface area is 155 Å². The van der Waals surface area contributed by atoms with E-state index in [4.69, 9.17) is 9.51 Å².